The summed E-state index contributed by atoms with van der Waals surface area (Å²) in [4.78, 5) is 16.4. The number of aryl methyl sites for hydroxylation is 2. The third kappa shape index (κ3) is 2.32. The minimum atomic E-state index is 0.0481. The molecule has 6 heteroatoms. The second-order valence-electron chi connectivity index (χ2n) is 5.66. The maximum Gasteiger partial charge on any atom is 0.249 e. The van der Waals surface area contributed by atoms with E-state index in [0.29, 0.717) is 5.95 Å². The summed E-state index contributed by atoms with van der Waals surface area (Å²) in [6.45, 7) is 5.76. The van der Waals surface area contributed by atoms with Crippen LogP contribution >= 0.6 is 0 Å². The molecular weight excluding hydrogens is 242 g/mol. The number of carbonyl (C=O) groups is 1. The first-order chi connectivity index (χ1) is 9.11. The highest BCUT2D eigenvalue weighted by molar-refractivity contribution is 5.93. The van der Waals surface area contributed by atoms with Crippen LogP contribution in [0.15, 0.2) is 0 Å². The molecule has 0 aromatic carbocycles. The van der Waals surface area contributed by atoms with Crippen LogP contribution in [0.4, 0.5) is 5.95 Å². The molecule has 6 nitrogen and oxygen atoms in total. The normalized spacial score (nSPS) is 24.2. The van der Waals surface area contributed by atoms with Gasteiger partial charge in [-0.1, -0.05) is 0 Å². The quantitative estimate of drug-likeness (QED) is 0.823. The van der Waals surface area contributed by atoms with Crippen molar-refractivity contribution in [1.29, 1.82) is 0 Å². The summed E-state index contributed by atoms with van der Waals surface area (Å²) in [6, 6.07) is 0. The lowest BCUT2D eigenvalue weighted by molar-refractivity contribution is -0.118. The minimum absolute atomic E-state index is 0.0481. The summed E-state index contributed by atoms with van der Waals surface area (Å²) in [5, 5.41) is 14.0. The molecule has 1 atom stereocenters. The lowest BCUT2D eigenvalue weighted by atomic mass is 9.92. The van der Waals surface area contributed by atoms with Gasteiger partial charge in [0.25, 0.3) is 0 Å². The van der Waals surface area contributed by atoms with Crippen molar-refractivity contribution in [1.82, 2.24) is 20.5 Å². The third-order valence-corrected chi connectivity index (χ3v) is 4.43. The van der Waals surface area contributed by atoms with Crippen LogP contribution < -0.4 is 10.6 Å². The molecule has 3 rings (SSSR count). The summed E-state index contributed by atoms with van der Waals surface area (Å²) in [5.41, 5.74) is 1.83. The van der Waals surface area contributed by atoms with Crippen LogP contribution in [0.25, 0.3) is 0 Å². The van der Waals surface area contributed by atoms with Crippen molar-refractivity contribution in [2.45, 2.75) is 33.1 Å². The highest BCUT2D eigenvalue weighted by atomic mass is 16.2. The number of anilines is 1. The number of amides is 1. The predicted octanol–water partition coefficient (Wildman–Crippen LogP) is 0.817. The minimum Gasteiger partial charge on any atom is -0.317 e. The van der Waals surface area contributed by atoms with E-state index in [9.17, 15) is 4.79 Å². The van der Waals surface area contributed by atoms with Crippen molar-refractivity contribution < 1.29 is 4.79 Å². The van der Waals surface area contributed by atoms with Gasteiger partial charge in [0, 0.05) is 5.92 Å². The molecule has 1 unspecified atom stereocenters. The van der Waals surface area contributed by atoms with Crippen LogP contribution in [-0.2, 0) is 4.79 Å². The molecule has 1 saturated carbocycles. The van der Waals surface area contributed by atoms with Gasteiger partial charge in [-0.15, -0.1) is 5.10 Å². The highest BCUT2D eigenvalue weighted by Gasteiger charge is 2.57. The molecule has 2 N–H and O–H groups in total. The zero-order valence-corrected chi connectivity index (χ0v) is 11.4. The highest BCUT2D eigenvalue weighted by Crippen LogP contribution is 2.58. The average Bonchev–Trinajstić information content (AvgIpc) is 3.08. The van der Waals surface area contributed by atoms with Gasteiger partial charge in [-0.25, -0.2) is 4.98 Å². The van der Waals surface area contributed by atoms with E-state index in [1.807, 2.05) is 13.8 Å². The first kappa shape index (κ1) is 12.5. The number of piperidine rings is 1. The summed E-state index contributed by atoms with van der Waals surface area (Å²) in [7, 11) is 0. The van der Waals surface area contributed by atoms with Crippen LogP contribution in [0.2, 0.25) is 0 Å². The molecule has 1 aliphatic carbocycles. The summed E-state index contributed by atoms with van der Waals surface area (Å²) in [6.07, 6.45) is 3.19. The molecule has 19 heavy (non-hydrogen) atoms. The Labute approximate surface area is 112 Å². The van der Waals surface area contributed by atoms with Gasteiger partial charge in [0.2, 0.25) is 11.9 Å². The molecule has 2 heterocycles. The molecular formula is C13H19N5O. The SMILES string of the molecule is Cc1nnc(NC(=O)C2CC23CCNCC3)nc1C. The van der Waals surface area contributed by atoms with Gasteiger partial charge in [-0.2, -0.15) is 5.10 Å². The second kappa shape index (κ2) is 4.52. The summed E-state index contributed by atoms with van der Waals surface area (Å²) < 4.78 is 0. The molecule has 1 aliphatic heterocycles. The van der Waals surface area contributed by atoms with Crippen LogP contribution in [0.1, 0.15) is 30.7 Å². The summed E-state index contributed by atoms with van der Waals surface area (Å²) >= 11 is 0. The van der Waals surface area contributed by atoms with E-state index in [1.54, 1.807) is 0 Å². The second-order valence-corrected chi connectivity index (χ2v) is 5.66. The fourth-order valence-corrected chi connectivity index (χ4v) is 2.90. The number of nitrogens with zero attached hydrogens (tertiary/aromatic N) is 3. The smallest absolute Gasteiger partial charge is 0.249 e. The Morgan fingerprint density at radius 2 is 2.00 bits per heavy atom. The fourth-order valence-electron chi connectivity index (χ4n) is 2.90. The lowest BCUT2D eigenvalue weighted by Crippen LogP contribution is -2.31. The van der Waals surface area contributed by atoms with Crippen LogP contribution in [-0.4, -0.2) is 34.2 Å². The van der Waals surface area contributed by atoms with Crippen molar-refractivity contribution in [3.63, 3.8) is 0 Å². The maximum atomic E-state index is 12.2. The first-order valence-corrected chi connectivity index (χ1v) is 6.80. The molecule has 0 radical (unpaired) electrons. The van der Waals surface area contributed by atoms with Crippen molar-refractivity contribution in [2.75, 3.05) is 18.4 Å². The topological polar surface area (TPSA) is 79.8 Å². The Bertz CT molecular complexity index is 510. The zero-order valence-electron chi connectivity index (χ0n) is 11.4. The number of nitrogens with one attached hydrogen (secondary N) is 2. The van der Waals surface area contributed by atoms with Crippen LogP contribution in [0.3, 0.4) is 0 Å². The zero-order chi connectivity index (χ0) is 13.5. The molecule has 1 amide bonds. The van der Waals surface area contributed by atoms with E-state index in [4.69, 9.17) is 0 Å². The lowest BCUT2D eigenvalue weighted by Gasteiger charge is -2.23. The molecule has 1 aromatic heterocycles. The number of carbonyl (C=O) groups excluding carboxylic acids is 1. The van der Waals surface area contributed by atoms with E-state index < -0.39 is 0 Å². The van der Waals surface area contributed by atoms with E-state index in [-0.39, 0.29) is 17.2 Å². The number of aromatic nitrogens is 3. The maximum absolute atomic E-state index is 12.2. The number of hydrogen-bond acceptors (Lipinski definition) is 5. The van der Waals surface area contributed by atoms with Gasteiger partial charge < -0.3 is 5.32 Å². The van der Waals surface area contributed by atoms with Gasteiger partial charge in [0.05, 0.1) is 11.4 Å². The Hall–Kier alpha value is -1.56. The molecule has 102 valence electrons. The fraction of sp³-hybridized carbons (Fsp3) is 0.692. The van der Waals surface area contributed by atoms with Gasteiger partial charge in [-0.05, 0) is 51.6 Å². The van der Waals surface area contributed by atoms with Crippen LogP contribution in [0.5, 0.6) is 0 Å². The predicted molar refractivity (Wildman–Crippen MR) is 70.6 cm³/mol. The van der Waals surface area contributed by atoms with E-state index >= 15 is 0 Å². The van der Waals surface area contributed by atoms with Gasteiger partial charge in [0.1, 0.15) is 0 Å². The molecule has 2 aliphatic rings. The third-order valence-electron chi connectivity index (χ3n) is 4.43. The van der Waals surface area contributed by atoms with E-state index in [1.165, 1.54) is 0 Å². The number of rotatable bonds is 2. The Balaban J connectivity index is 1.64. The van der Waals surface area contributed by atoms with Gasteiger partial charge in [-0.3, -0.25) is 10.1 Å². The molecule has 1 aromatic rings. The average molecular weight is 261 g/mol. The summed E-state index contributed by atoms with van der Waals surface area (Å²) in [5.74, 6) is 0.496. The standard InChI is InChI=1S/C13H19N5O/c1-8-9(2)17-18-12(15-8)16-11(19)10-7-13(10)3-5-14-6-4-13/h10,14H,3-7H2,1-2H3,(H,15,16,18,19). The van der Waals surface area contributed by atoms with Gasteiger partial charge in [0.15, 0.2) is 0 Å². The Kier molecular flexibility index (Phi) is 2.97. The van der Waals surface area contributed by atoms with Crippen molar-refractivity contribution in [2.24, 2.45) is 11.3 Å². The van der Waals surface area contributed by atoms with E-state index in [0.717, 1.165) is 43.7 Å². The van der Waals surface area contributed by atoms with Crippen molar-refractivity contribution >= 4 is 11.9 Å². The molecule has 1 spiro atoms. The first-order valence-electron chi connectivity index (χ1n) is 6.80. The monoisotopic (exact) mass is 261 g/mol. The Morgan fingerprint density at radius 1 is 1.26 bits per heavy atom. The molecule has 0 bridgehead atoms. The van der Waals surface area contributed by atoms with Crippen molar-refractivity contribution in [3.05, 3.63) is 11.4 Å². The molecule has 2 fully saturated rings. The largest absolute Gasteiger partial charge is 0.317 e. The molecule has 1 saturated heterocycles. The van der Waals surface area contributed by atoms with Crippen molar-refractivity contribution in [3.8, 4) is 0 Å². The number of hydrogen-bond donors (Lipinski definition) is 2. The van der Waals surface area contributed by atoms with Crippen LogP contribution in [0, 0.1) is 25.2 Å². The van der Waals surface area contributed by atoms with E-state index in [2.05, 4.69) is 25.8 Å². The van der Waals surface area contributed by atoms with Gasteiger partial charge >= 0.3 is 0 Å². The Morgan fingerprint density at radius 3 is 2.68 bits per heavy atom.